The fraction of sp³-hybridized carbons (Fsp3) is 0.733. The molecule has 7 nitrogen and oxygen atoms in total. The standard InChI is InChI=1S/C15H23N3O4/c19-12(16-10-4-3-7-14(20)21)8-9-13-17-15(18-22-13)11-5-1-2-6-11/h11H,1-10H2,(H,16,19)(H,20,21). The second-order valence-corrected chi connectivity index (χ2v) is 5.73. The Morgan fingerprint density at radius 2 is 2.00 bits per heavy atom. The molecule has 0 spiro atoms. The van der Waals surface area contributed by atoms with Crippen molar-refractivity contribution in [2.75, 3.05) is 6.54 Å². The number of carbonyl (C=O) groups is 2. The van der Waals surface area contributed by atoms with Gasteiger partial charge in [0, 0.05) is 31.7 Å². The van der Waals surface area contributed by atoms with Crippen LogP contribution in [-0.4, -0.2) is 33.7 Å². The van der Waals surface area contributed by atoms with E-state index in [1.54, 1.807) is 0 Å². The van der Waals surface area contributed by atoms with Gasteiger partial charge in [-0.15, -0.1) is 0 Å². The number of carboxylic acids is 1. The third kappa shape index (κ3) is 5.46. The number of unbranched alkanes of at least 4 members (excludes halogenated alkanes) is 1. The van der Waals surface area contributed by atoms with E-state index >= 15 is 0 Å². The number of carboxylic acid groups (broad SMARTS) is 1. The molecule has 1 fully saturated rings. The zero-order chi connectivity index (χ0) is 15.8. The van der Waals surface area contributed by atoms with Gasteiger partial charge in [-0.3, -0.25) is 9.59 Å². The Labute approximate surface area is 129 Å². The number of nitrogens with one attached hydrogen (secondary N) is 1. The first kappa shape index (κ1) is 16.5. The summed E-state index contributed by atoms with van der Waals surface area (Å²) >= 11 is 0. The van der Waals surface area contributed by atoms with Gasteiger partial charge >= 0.3 is 5.97 Å². The van der Waals surface area contributed by atoms with Crippen LogP contribution in [0.4, 0.5) is 0 Å². The molecule has 1 heterocycles. The van der Waals surface area contributed by atoms with E-state index in [4.69, 9.17) is 9.63 Å². The third-order valence-electron chi connectivity index (χ3n) is 3.91. The summed E-state index contributed by atoms with van der Waals surface area (Å²) in [7, 11) is 0. The van der Waals surface area contributed by atoms with Crippen LogP contribution in [0.5, 0.6) is 0 Å². The molecule has 1 aliphatic rings. The zero-order valence-electron chi connectivity index (χ0n) is 12.7. The quantitative estimate of drug-likeness (QED) is 0.676. The SMILES string of the molecule is O=C(O)CCCCNC(=O)CCc1nc(C2CCCC2)no1. The molecule has 0 aliphatic heterocycles. The molecule has 0 saturated heterocycles. The van der Waals surface area contributed by atoms with Gasteiger partial charge in [0.1, 0.15) is 0 Å². The molecule has 2 rings (SSSR count). The molecule has 7 heteroatoms. The molecule has 2 N–H and O–H groups in total. The lowest BCUT2D eigenvalue weighted by Crippen LogP contribution is -2.24. The van der Waals surface area contributed by atoms with Crippen molar-refractivity contribution in [1.82, 2.24) is 15.5 Å². The van der Waals surface area contributed by atoms with Crippen molar-refractivity contribution in [3.63, 3.8) is 0 Å². The Kier molecular flexibility index (Phi) is 6.36. The Morgan fingerprint density at radius 1 is 1.23 bits per heavy atom. The van der Waals surface area contributed by atoms with Crippen LogP contribution < -0.4 is 5.32 Å². The number of rotatable bonds is 9. The van der Waals surface area contributed by atoms with E-state index in [1.165, 1.54) is 12.8 Å². The lowest BCUT2D eigenvalue weighted by Gasteiger charge is -2.03. The van der Waals surface area contributed by atoms with Crippen molar-refractivity contribution in [2.24, 2.45) is 0 Å². The summed E-state index contributed by atoms with van der Waals surface area (Å²) in [6, 6.07) is 0. The smallest absolute Gasteiger partial charge is 0.303 e. The van der Waals surface area contributed by atoms with Gasteiger partial charge in [-0.1, -0.05) is 18.0 Å². The van der Waals surface area contributed by atoms with Gasteiger partial charge in [-0.05, 0) is 25.7 Å². The molecule has 1 saturated carbocycles. The van der Waals surface area contributed by atoms with Gasteiger partial charge in [0.2, 0.25) is 11.8 Å². The second kappa shape index (κ2) is 8.51. The number of aliphatic carboxylic acids is 1. The molecular weight excluding hydrogens is 286 g/mol. The highest BCUT2D eigenvalue weighted by molar-refractivity contribution is 5.75. The van der Waals surface area contributed by atoms with Crippen LogP contribution in [0.1, 0.15) is 69.0 Å². The lowest BCUT2D eigenvalue weighted by atomic mass is 10.1. The Morgan fingerprint density at radius 3 is 2.73 bits per heavy atom. The summed E-state index contributed by atoms with van der Waals surface area (Å²) in [5, 5.41) is 15.3. The molecule has 0 radical (unpaired) electrons. The van der Waals surface area contributed by atoms with Crippen molar-refractivity contribution >= 4 is 11.9 Å². The summed E-state index contributed by atoms with van der Waals surface area (Å²) in [4.78, 5) is 26.4. The van der Waals surface area contributed by atoms with E-state index in [0.717, 1.165) is 18.7 Å². The van der Waals surface area contributed by atoms with Gasteiger partial charge in [0.25, 0.3) is 0 Å². The van der Waals surface area contributed by atoms with Gasteiger partial charge in [-0.25, -0.2) is 0 Å². The number of hydrogen-bond acceptors (Lipinski definition) is 5. The summed E-state index contributed by atoms with van der Waals surface area (Å²) in [6.07, 6.45) is 6.82. The van der Waals surface area contributed by atoms with Crippen LogP contribution in [0.3, 0.4) is 0 Å². The number of nitrogens with zero attached hydrogens (tertiary/aromatic N) is 2. The maximum atomic E-state index is 11.7. The monoisotopic (exact) mass is 309 g/mol. The van der Waals surface area contributed by atoms with E-state index in [-0.39, 0.29) is 12.3 Å². The highest BCUT2D eigenvalue weighted by Gasteiger charge is 2.22. The summed E-state index contributed by atoms with van der Waals surface area (Å²) in [5.74, 6) is 0.835. The van der Waals surface area contributed by atoms with Crippen molar-refractivity contribution in [3.05, 3.63) is 11.7 Å². The zero-order valence-corrected chi connectivity index (χ0v) is 12.7. The summed E-state index contributed by atoms with van der Waals surface area (Å²) < 4.78 is 5.19. The van der Waals surface area contributed by atoms with Gasteiger partial charge < -0.3 is 14.9 Å². The molecule has 0 unspecified atom stereocenters. The average Bonchev–Trinajstić information content (AvgIpc) is 3.15. The molecule has 0 bridgehead atoms. The molecule has 1 aromatic rings. The highest BCUT2D eigenvalue weighted by Crippen LogP contribution is 2.32. The predicted octanol–water partition coefficient (Wildman–Crippen LogP) is 2.03. The Bertz CT molecular complexity index is 495. The summed E-state index contributed by atoms with van der Waals surface area (Å²) in [5.41, 5.74) is 0. The second-order valence-electron chi connectivity index (χ2n) is 5.73. The highest BCUT2D eigenvalue weighted by atomic mass is 16.5. The normalized spacial score (nSPS) is 15.1. The Balaban J connectivity index is 1.60. The molecule has 1 aliphatic carbocycles. The van der Waals surface area contributed by atoms with E-state index < -0.39 is 5.97 Å². The largest absolute Gasteiger partial charge is 0.481 e. The maximum absolute atomic E-state index is 11.7. The minimum absolute atomic E-state index is 0.0732. The van der Waals surface area contributed by atoms with Crippen molar-refractivity contribution < 1.29 is 19.2 Å². The molecule has 122 valence electrons. The van der Waals surface area contributed by atoms with Crippen molar-refractivity contribution in [1.29, 1.82) is 0 Å². The van der Waals surface area contributed by atoms with E-state index in [9.17, 15) is 9.59 Å². The van der Waals surface area contributed by atoms with Gasteiger partial charge in [0.05, 0.1) is 0 Å². The molecule has 1 aromatic heterocycles. The number of amides is 1. The molecule has 1 amide bonds. The van der Waals surface area contributed by atoms with Gasteiger partial charge in [-0.2, -0.15) is 4.98 Å². The van der Waals surface area contributed by atoms with Crippen LogP contribution in [0.2, 0.25) is 0 Å². The van der Waals surface area contributed by atoms with Crippen LogP contribution in [-0.2, 0) is 16.0 Å². The van der Waals surface area contributed by atoms with E-state index in [2.05, 4.69) is 15.5 Å². The molecule has 0 atom stereocenters. The van der Waals surface area contributed by atoms with Crippen LogP contribution >= 0.6 is 0 Å². The molecule has 0 aromatic carbocycles. The van der Waals surface area contributed by atoms with Crippen LogP contribution in [0, 0.1) is 0 Å². The topological polar surface area (TPSA) is 105 Å². The predicted molar refractivity (Wildman–Crippen MR) is 78.3 cm³/mol. The van der Waals surface area contributed by atoms with Crippen LogP contribution in [0.15, 0.2) is 4.52 Å². The first-order valence-corrected chi connectivity index (χ1v) is 7.96. The first-order chi connectivity index (χ1) is 10.6. The van der Waals surface area contributed by atoms with Crippen molar-refractivity contribution in [2.45, 2.75) is 63.7 Å². The van der Waals surface area contributed by atoms with E-state index in [1.807, 2.05) is 0 Å². The number of aromatic nitrogens is 2. The minimum atomic E-state index is -0.805. The molecule has 22 heavy (non-hydrogen) atoms. The van der Waals surface area contributed by atoms with Crippen LogP contribution in [0.25, 0.3) is 0 Å². The Hall–Kier alpha value is -1.92. The lowest BCUT2D eigenvalue weighted by molar-refractivity contribution is -0.137. The maximum Gasteiger partial charge on any atom is 0.303 e. The fourth-order valence-corrected chi connectivity index (χ4v) is 2.66. The number of hydrogen-bond donors (Lipinski definition) is 2. The summed E-state index contributed by atoms with van der Waals surface area (Å²) in [6.45, 7) is 0.503. The minimum Gasteiger partial charge on any atom is -0.481 e. The number of carbonyl (C=O) groups excluding carboxylic acids is 1. The van der Waals surface area contributed by atoms with E-state index in [0.29, 0.717) is 44.0 Å². The number of aryl methyl sites for hydroxylation is 1. The van der Waals surface area contributed by atoms with Gasteiger partial charge in [0.15, 0.2) is 5.82 Å². The fourth-order valence-electron chi connectivity index (χ4n) is 2.66. The first-order valence-electron chi connectivity index (χ1n) is 7.96. The average molecular weight is 309 g/mol. The van der Waals surface area contributed by atoms with Crippen molar-refractivity contribution in [3.8, 4) is 0 Å². The third-order valence-corrected chi connectivity index (χ3v) is 3.91. The molecular formula is C15H23N3O4.